The number of ketones is 1. The van der Waals surface area contributed by atoms with Crippen molar-refractivity contribution < 1.29 is 4.79 Å². The van der Waals surface area contributed by atoms with E-state index in [2.05, 4.69) is 85.0 Å². The van der Waals surface area contributed by atoms with E-state index in [1.165, 1.54) is 52.5 Å². The molecule has 0 spiro atoms. The van der Waals surface area contributed by atoms with Gasteiger partial charge in [0.2, 0.25) is 0 Å². The number of hydrogen-bond donors (Lipinski definition) is 1. The molecule has 1 N–H and O–H groups in total. The van der Waals surface area contributed by atoms with Gasteiger partial charge in [-0.3, -0.25) is 4.79 Å². The number of Topliss-reactive ketones (excluding diaryl/α,β-unsaturated/α-hetero) is 1. The summed E-state index contributed by atoms with van der Waals surface area (Å²) in [5.41, 5.74) is 8.18. The van der Waals surface area contributed by atoms with Crippen LogP contribution in [0.3, 0.4) is 0 Å². The van der Waals surface area contributed by atoms with Crippen molar-refractivity contribution in [2.75, 3.05) is 6.54 Å². The summed E-state index contributed by atoms with van der Waals surface area (Å²) in [6.07, 6.45) is 3.93. The molecule has 2 heterocycles. The minimum absolute atomic E-state index is 0.103. The van der Waals surface area contributed by atoms with Gasteiger partial charge in [-0.2, -0.15) is 0 Å². The predicted molar refractivity (Wildman–Crippen MR) is 141 cm³/mol. The van der Waals surface area contributed by atoms with Crippen molar-refractivity contribution in [3.05, 3.63) is 95.6 Å². The van der Waals surface area contributed by atoms with Crippen LogP contribution >= 0.6 is 0 Å². The number of rotatable bonds is 4. The molecule has 1 aliphatic carbocycles. The molecule has 1 saturated carbocycles. The van der Waals surface area contributed by atoms with Gasteiger partial charge >= 0.3 is 0 Å². The van der Waals surface area contributed by atoms with Crippen LogP contribution in [0.1, 0.15) is 53.6 Å². The molecule has 4 aromatic rings. The lowest BCUT2D eigenvalue weighted by atomic mass is 9.70. The van der Waals surface area contributed by atoms with Crippen LogP contribution in [-0.4, -0.2) is 18.4 Å². The van der Waals surface area contributed by atoms with Crippen molar-refractivity contribution in [2.24, 2.45) is 5.92 Å². The maximum atomic E-state index is 12.4. The number of carbonyl (C=O) groups excluding carboxylic acids is 1. The molecule has 2 bridgehead atoms. The van der Waals surface area contributed by atoms with Crippen LogP contribution in [0.4, 0.5) is 0 Å². The fourth-order valence-electron chi connectivity index (χ4n) is 6.04. The summed E-state index contributed by atoms with van der Waals surface area (Å²) >= 11 is 0. The molecule has 0 aromatic heterocycles. The van der Waals surface area contributed by atoms with E-state index in [0.717, 1.165) is 29.0 Å². The van der Waals surface area contributed by atoms with Crippen molar-refractivity contribution >= 4 is 16.6 Å². The third-order valence-electron chi connectivity index (χ3n) is 8.06. The predicted octanol–water partition coefficient (Wildman–Crippen LogP) is 7.54. The summed E-state index contributed by atoms with van der Waals surface area (Å²) in [4.78, 5) is 12.4. The monoisotopic (exact) mass is 445 g/mol. The molecular weight excluding hydrogens is 414 g/mol. The van der Waals surface area contributed by atoms with Gasteiger partial charge in [-0.05, 0) is 108 Å². The van der Waals surface area contributed by atoms with Gasteiger partial charge in [-0.1, -0.05) is 66.2 Å². The summed E-state index contributed by atoms with van der Waals surface area (Å²) in [6, 6.07) is 29.2. The zero-order chi connectivity index (χ0) is 23.2. The lowest BCUT2D eigenvalue weighted by Crippen LogP contribution is -2.48. The van der Waals surface area contributed by atoms with Crippen LogP contribution in [0.2, 0.25) is 0 Å². The Balaban J connectivity index is 1.40. The van der Waals surface area contributed by atoms with Gasteiger partial charge in [-0.25, -0.2) is 0 Å². The molecule has 7 rings (SSSR count). The highest BCUT2D eigenvalue weighted by molar-refractivity contribution is 6.05. The standard InChI is InChI=1S/C32H31NO/c1-20-3-5-22(6-4-20)25-12-14-30-28(15-25)16-27(21(2)34)17-32(30)24-9-7-23(8-10-24)31-18-29-13-11-26(31)19-33-29/h3-10,12,14-17,26,29,31,33H,11,13,18-19H2,1-2H3. The molecular formula is C32H31NO. The third-order valence-corrected chi connectivity index (χ3v) is 8.06. The molecule has 2 heteroatoms. The molecule has 3 unspecified atom stereocenters. The Bertz CT molecular complexity index is 1360. The third kappa shape index (κ3) is 3.86. The first-order valence-electron chi connectivity index (χ1n) is 12.5. The van der Waals surface area contributed by atoms with Gasteiger partial charge in [0.05, 0.1) is 0 Å². The highest BCUT2D eigenvalue weighted by atomic mass is 16.1. The van der Waals surface area contributed by atoms with Gasteiger partial charge in [0.25, 0.3) is 0 Å². The highest BCUT2D eigenvalue weighted by Gasteiger charge is 2.35. The van der Waals surface area contributed by atoms with Crippen molar-refractivity contribution in [3.8, 4) is 22.3 Å². The number of nitrogens with one attached hydrogen (secondary N) is 1. The molecule has 0 amide bonds. The molecule has 170 valence electrons. The first kappa shape index (κ1) is 21.3. The Morgan fingerprint density at radius 3 is 2.21 bits per heavy atom. The second-order valence-electron chi connectivity index (χ2n) is 10.3. The summed E-state index contributed by atoms with van der Waals surface area (Å²) in [5, 5.41) is 5.98. The lowest BCUT2D eigenvalue weighted by Gasteiger charge is -2.43. The van der Waals surface area contributed by atoms with Gasteiger partial charge in [0.15, 0.2) is 5.78 Å². The van der Waals surface area contributed by atoms with Crippen LogP contribution in [0.15, 0.2) is 78.9 Å². The van der Waals surface area contributed by atoms with Gasteiger partial charge in [0, 0.05) is 11.6 Å². The van der Waals surface area contributed by atoms with Crippen LogP contribution in [0, 0.1) is 12.8 Å². The van der Waals surface area contributed by atoms with Crippen molar-refractivity contribution in [2.45, 2.75) is 45.1 Å². The Kier molecular flexibility index (Phi) is 5.34. The van der Waals surface area contributed by atoms with Crippen molar-refractivity contribution in [1.82, 2.24) is 5.32 Å². The number of fused-ring (bicyclic) bond motifs is 4. The normalized spacial score (nSPS) is 21.6. The van der Waals surface area contributed by atoms with Gasteiger partial charge in [0.1, 0.15) is 0 Å². The molecule has 2 aliphatic heterocycles. The van der Waals surface area contributed by atoms with Crippen molar-refractivity contribution in [1.29, 1.82) is 0 Å². The Morgan fingerprint density at radius 2 is 1.56 bits per heavy atom. The van der Waals surface area contributed by atoms with E-state index >= 15 is 0 Å². The van der Waals surface area contributed by atoms with Crippen LogP contribution in [-0.2, 0) is 0 Å². The molecule has 2 saturated heterocycles. The fraction of sp³-hybridized carbons (Fsp3) is 0.281. The van der Waals surface area contributed by atoms with E-state index in [1.54, 1.807) is 6.92 Å². The van der Waals surface area contributed by atoms with E-state index < -0.39 is 0 Å². The lowest BCUT2D eigenvalue weighted by molar-refractivity contribution is 0.101. The second-order valence-corrected chi connectivity index (χ2v) is 10.3. The Hall–Kier alpha value is -3.23. The SMILES string of the molecule is CC(=O)c1cc(-c2ccc(C3CC4CCC3CN4)cc2)c2ccc(-c3ccc(C)cc3)cc2c1. The van der Waals surface area contributed by atoms with Crippen LogP contribution in [0.25, 0.3) is 33.0 Å². The summed E-state index contributed by atoms with van der Waals surface area (Å²) in [6.45, 7) is 4.92. The largest absolute Gasteiger partial charge is 0.314 e. The average molecular weight is 446 g/mol. The first-order chi connectivity index (χ1) is 16.5. The smallest absolute Gasteiger partial charge is 0.159 e. The average Bonchev–Trinajstić information content (AvgIpc) is 2.89. The van der Waals surface area contributed by atoms with Gasteiger partial charge in [-0.15, -0.1) is 0 Å². The zero-order valence-electron chi connectivity index (χ0n) is 20.0. The molecule has 3 aliphatic rings. The molecule has 3 atom stereocenters. The number of benzene rings is 4. The summed E-state index contributed by atoms with van der Waals surface area (Å²) in [5.74, 6) is 1.54. The highest BCUT2D eigenvalue weighted by Crippen LogP contribution is 2.42. The Labute approximate surface area is 202 Å². The molecule has 2 nitrogen and oxygen atoms in total. The molecule has 3 fully saturated rings. The van der Waals surface area contributed by atoms with Crippen LogP contribution < -0.4 is 5.32 Å². The minimum Gasteiger partial charge on any atom is -0.314 e. The van der Waals surface area contributed by atoms with E-state index in [0.29, 0.717) is 12.0 Å². The summed E-state index contributed by atoms with van der Waals surface area (Å²) < 4.78 is 0. The quantitative estimate of drug-likeness (QED) is 0.329. The second kappa shape index (κ2) is 8.52. The molecule has 4 aromatic carbocycles. The van der Waals surface area contributed by atoms with E-state index in [-0.39, 0.29) is 5.78 Å². The maximum Gasteiger partial charge on any atom is 0.159 e. The summed E-state index contributed by atoms with van der Waals surface area (Å²) in [7, 11) is 0. The molecule has 0 radical (unpaired) electrons. The van der Waals surface area contributed by atoms with Crippen LogP contribution in [0.5, 0.6) is 0 Å². The fourth-order valence-corrected chi connectivity index (χ4v) is 6.04. The van der Waals surface area contributed by atoms with E-state index in [9.17, 15) is 4.79 Å². The number of aryl methyl sites for hydroxylation is 1. The number of carbonyl (C=O) groups is 1. The zero-order valence-corrected chi connectivity index (χ0v) is 20.0. The maximum absolute atomic E-state index is 12.4. The van der Waals surface area contributed by atoms with Gasteiger partial charge < -0.3 is 5.32 Å². The van der Waals surface area contributed by atoms with E-state index in [4.69, 9.17) is 0 Å². The van der Waals surface area contributed by atoms with E-state index in [1.807, 2.05) is 6.07 Å². The molecule has 34 heavy (non-hydrogen) atoms. The number of piperidine rings is 2. The Morgan fingerprint density at radius 1 is 0.824 bits per heavy atom. The number of hydrogen-bond acceptors (Lipinski definition) is 2. The minimum atomic E-state index is 0.103. The topological polar surface area (TPSA) is 29.1 Å². The first-order valence-corrected chi connectivity index (χ1v) is 12.5. The van der Waals surface area contributed by atoms with Crippen molar-refractivity contribution in [3.63, 3.8) is 0 Å².